The summed E-state index contributed by atoms with van der Waals surface area (Å²) in [4.78, 5) is 0. The topological polar surface area (TPSA) is 50.7 Å². The molecule has 4 nitrogen and oxygen atoms in total. The Hall–Kier alpha value is -1.26. The Morgan fingerprint density at radius 3 is 2.62 bits per heavy atom. The molecule has 0 saturated heterocycles. The van der Waals surface area contributed by atoms with E-state index in [2.05, 4.69) is 17.4 Å². The Labute approximate surface area is 126 Å². The van der Waals surface area contributed by atoms with Crippen molar-refractivity contribution in [2.45, 2.75) is 44.8 Å². The van der Waals surface area contributed by atoms with Crippen LogP contribution in [0, 0.1) is 5.92 Å². The Bertz CT molecular complexity index is 455. The van der Waals surface area contributed by atoms with E-state index in [9.17, 15) is 5.11 Å². The molecule has 1 saturated carbocycles. The van der Waals surface area contributed by atoms with Crippen LogP contribution in [0.15, 0.2) is 18.2 Å². The van der Waals surface area contributed by atoms with E-state index in [1.807, 2.05) is 6.07 Å². The van der Waals surface area contributed by atoms with Gasteiger partial charge in [-0.2, -0.15) is 0 Å². The van der Waals surface area contributed by atoms with E-state index in [1.165, 1.54) is 5.56 Å². The van der Waals surface area contributed by atoms with Crippen molar-refractivity contribution in [3.8, 4) is 11.5 Å². The lowest BCUT2D eigenvalue weighted by atomic mass is 9.87. The summed E-state index contributed by atoms with van der Waals surface area (Å²) in [7, 11) is 0. The van der Waals surface area contributed by atoms with Crippen LogP contribution in [0.1, 0.15) is 37.7 Å². The summed E-state index contributed by atoms with van der Waals surface area (Å²) in [6, 6.07) is 6.19. The maximum atomic E-state index is 9.52. The van der Waals surface area contributed by atoms with Gasteiger partial charge in [0.25, 0.3) is 0 Å². The molecule has 2 N–H and O–H groups in total. The molecule has 0 spiro atoms. The van der Waals surface area contributed by atoms with Crippen molar-refractivity contribution in [2.24, 2.45) is 5.92 Å². The molecule has 0 atom stereocenters. The Balaban J connectivity index is 1.48. The summed E-state index contributed by atoms with van der Waals surface area (Å²) in [6.07, 6.45) is 5.05. The van der Waals surface area contributed by atoms with Gasteiger partial charge in [-0.15, -0.1) is 0 Å². The van der Waals surface area contributed by atoms with Gasteiger partial charge in [0.1, 0.15) is 0 Å². The van der Waals surface area contributed by atoms with Gasteiger partial charge in [-0.05, 0) is 55.8 Å². The highest BCUT2D eigenvalue weighted by atomic mass is 16.5. The van der Waals surface area contributed by atoms with Crippen LogP contribution in [-0.2, 0) is 6.54 Å². The molecule has 3 rings (SSSR count). The average Bonchev–Trinajstić information content (AvgIpc) is 2.74. The number of fused-ring (bicyclic) bond motifs is 1. The molecule has 2 aliphatic rings. The molecule has 21 heavy (non-hydrogen) atoms. The first-order chi connectivity index (χ1) is 10.3. The van der Waals surface area contributed by atoms with Gasteiger partial charge in [0, 0.05) is 13.0 Å². The quantitative estimate of drug-likeness (QED) is 0.895. The second-order valence-corrected chi connectivity index (χ2v) is 6.14. The predicted molar refractivity (Wildman–Crippen MR) is 81.7 cm³/mol. The van der Waals surface area contributed by atoms with E-state index in [0.717, 1.165) is 69.9 Å². The van der Waals surface area contributed by atoms with Crippen LogP contribution < -0.4 is 14.8 Å². The predicted octanol–water partition coefficient (Wildman–Crippen LogP) is 2.49. The van der Waals surface area contributed by atoms with Crippen molar-refractivity contribution in [1.82, 2.24) is 5.32 Å². The molecule has 1 fully saturated rings. The zero-order chi connectivity index (χ0) is 14.5. The number of rotatable bonds is 4. The number of hydrogen-bond acceptors (Lipinski definition) is 4. The first kappa shape index (κ1) is 14.7. The molecule has 1 aromatic carbocycles. The molecule has 0 radical (unpaired) electrons. The highest BCUT2D eigenvalue weighted by Gasteiger charge is 2.18. The van der Waals surface area contributed by atoms with Crippen LogP contribution in [0.3, 0.4) is 0 Å². The zero-order valence-corrected chi connectivity index (χ0v) is 12.5. The monoisotopic (exact) mass is 291 g/mol. The van der Waals surface area contributed by atoms with Crippen molar-refractivity contribution < 1.29 is 14.6 Å². The molecule has 1 aromatic rings. The highest BCUT2D eigenvalue weighted by Crippen LogP contribution is 2.30. The van der Waals surface area contributed by atoms with E-state index in [4.69, 9.17) is 9.47 Å². The largest absolute Gasteiger partial charge is 0.490 e. The van der Waals surface area contributed by atoms with Gasteiger partial charge >= 0.3 is 0 Å². The molecular formula is C17H25NO3. The first-order valence-corrected chi connectivity index (χ1v) is 8.08. The molecule has 1 aliphatic carbocycles. The molecule has 0 aromatic heterocycles. The number of hydrogen-bond donors (Lipinski definition) is 2. The molecule has 1 aliphatic heterocycles. The third-order valence-electron chi connectivity index (χ3n) is 4.39. The van der Waals surface area contributed by atoms with E-state index in [-0.39, 0.29) is 6.10 Å². The standard InChI is InChI=1S/C17H25NO3/c19-15-5-2-13(3-6-15)11-18-12-14-4-7-16-17(10-14)21-9-1-8-20-16/h4,7,10,13,15,18-19H,1-3,5-6,8-9,11-12H2. The van der Waals surface area contributed by atoms with Gasteiger partial charge in [-0.1, -0.05) is 6.07 Å². The summed E-state index contributed by atoms with van der Waals surface area (Å²) < 4.78 is 11.4. The fourth-order valence-electron chi connectivity index (χ4n) is 3.09. The van der Waals surface area contributed by atoms with Gasteiger partial charge in [0.15, 0.2) is 11.5 Å². The smallest absolute Gasteiger partial charge is 0.161 e. The minimum absolute atomic E-state index is 0.0667. The average molecular weight is 291 g/mol. The van der Waals surface area contributed by atoms with Gasteiger partial charge in [0.05, 0.1) is 19.3 Å². The van der Waals surface area contributed by atoms with Crippen LogP contribution >= 0.6 is 0 Å². The van der Waals surface area contributed by atoms with Crippen LogP contribution in [0.4, 0.5) is 0 Å². The lowest BCUT2D eigenvalue weighted by Crippen LogP contribution is -2.27. The van der Waals surface area contributed by atoms with E-state index < -0.39 is 0 Å². The molecule has 0 unspecified atom stereocenters. The van der Waals surface area contributed by atoms with Crippen LogP contribution in [0.2, 0.25) is 0 Å². The summed E-state index contributed by atoms with van der Waals surface area (Å²) in [5.41, 5.74) is 1.23. The minimum Gasteiger partial charge on any atom is -0.490 e. The molecule has 0 bridgehead atoms. The van der Waals surface area contributed by atoms with Crippen molar-refractivity contribution in [1.29, 1.82) is 0 Å². The Morgan fingerprint density at radius 2 is 1.81 bits per heavy atom. The summed E-state index contributed by atoms with van der Waals surface area (Å²) >= 11 is 0. The lowest BCUT2D eigenvalue weighted by molar-refractivity contribution is 0.108. The number of aliphatic hydroxyl groups is 1. The normalized spacial score (nSPS) is 25.4. The molecular weight excluding hydrogens is 266 g/mol. The fourth-order valence-corrected chi connectivity index (χ4v) is 3.09. The second kappa shape index (κ2) is 7.14. The zero-order valence-electron chi connectivity index (χ0n) is 12.5. The van der Waals surface area contributed by atoms with E-state index >= 15 is 0 Å². The van der Waals surface area contributed by atoms with Gasteiger partial charge in [-0.25, -0.2) is 0 Å². The van der Waals surface area contributed by atoms with Crippen molar-refractivity contribution in [2.75, 3.05) is 19.8 Å². The van der Waals surface area contributed by atoms with Crippen LogP contribution in [0.25, 0.3) is 0 Å². The number of aliphatic hydroxyl groups excluding tert-OH is 1. The summed E-state index contributed by atoms with van der Waals surface area (Å²) in [6.45, 7) is 3.35. The van der Waals surface area contributed by atoms with Crippen LogP contribution in [0.5, 0.6) is 11.5 Å². The number of ether oxygens (including phenoxy) is 2. The van der Waals surface area contributed by atoms with Crippen molar-refractivity contribution >= 4 is 0 Å². The third kappa shape index (κ3) is 4.11. The van der Waals surface area contributed by atoms with E-state index in [0.29, 0.717) is 5.92 Å². The molecule has 1 heterocycles. The lowest BCUT2D eigenvalue weighted by Gasteiger charge is -2.25. The van der Waals surface area contributed by atoms with E-state index in [1.54, 1.807) is 0 Å². The summed E-state index contributed by atoms with van der Waals surface area (Å²) in [5.74, 6) is 2.43. The maximum absolute atomic E-state index is 9.52. The van der Waals surface area contributed by atoms with Gasteiger partial charge < -0.3 is 19.9 Å². The number of nitrogens with one attached hydrogen (secondary N) is 1. The molecule has 116 valence electrons. The SMILES string of the molecule is OC1CCC(CNCc2ccc3c(c2)OCCCO3)CC1. The van der Waals surface area contributed by atoms with Crippen molar-refractivity contribution in [3.63, 3.8) is 0 Å². The fraction of sp³-hybridized carbons (Fsp3) is 0.647. The first-order valence-electron chi connectivity index (χ1n) is 8.08. The maximum Gasteiger partial charge on any atom is 0.161 e. The Morgan fingerprint density at radius 1 is 1.05 bits per heavy atom. The Kier molecular flexibility index (Phi) is 4.99. The highest BCUT2D eigenvalue weighted by molar-refractivity contribution is 5.43. The molecule has 0 amide bonds. The van der Waals surface area contributed by atoms with Crippen LogP contribution in [-0.4, -0.2) is 31.0 Å². The van der Waals surface area contributed by atoms with Crippen molar-refractivity contribution in [3.05, 3.63) is 23.8 Å². The summed E-state index contributed by atoms with van der Waals surface area (Å²) in [5, 5.41) is 13.1. The molecule has 4 heteroatoms. The second-order valence-electron chi connectivity index (χ2n) is 6.14. The minimum atomic E-state index is -0.0667. The van der Waals surface area contributed by atoms with Gasteiger partial charge in [0.2, 0.25) is 0 Å². The van der Waals surface area contributed by atoms with Gasteiger partial charge in [-0.3, -0.25) is 0 Å². The number of benzene rings is 1. The third-order valence-corrected chi connectivity index (χ3v) is 4.39.